The molecular formula is C21H19FN4O3. The van der Waals surface area contributed by atoms with E-state index < -0.39 is 6.04 Å². The van der Waals surface area contributed by atoms with Crippen molar-refractivity contribution in [1.82, 2.24) is 20.4 Å². The van der Waals surface area contributed by atoms with Gasteiger partial charge in [-0.3, -0.25) is 9.59 Å². The van der Waals surface area contributed by atoms with Crippen LogP contribution in [0, 0.1) is 5.82 Å². The number of halogens is 1. The summed E-state index contributed by atoms with van der Waals surface area (Å²) in [4.78, 5) is 30.7. The summed E-state index contributed by atoms with van der Waals surface area (Å²) in [5.41, 5.74) is 1.59. The molecule has 148 valence electrons. The number of carbonyl (C=O) groups is 2. The maximum Gasteiger partial charge on any atom is 0.246 e. The second-order valence-corrected chi connectivity index (χ2v) is 6.80. The van der Waals surface area contributed by atoms with Crippen LogP contribution in [0.4, 0.5) is 4.39 Å². The van der Waals surface area contributed by atoms with E-state index in [1.807, 2.05) is 30.3 Å². The van der Waals surface area contributed by atoms with Crippen molar-refractivity contribution in [3.63, 3.8) is 0 Å². The number of nitrogens with one attached hydrogen (secondary N) is 1. The van der Waals surface area contributed by atoms with E-state index in [9.17, 15) is 14.0 Å². The maximum atomic E-state index is 13.0. The van der Waals surface area contributed by atoms with E-state index in [0.717, 1.165) is 5.56 Å². The van der Waals surface area contributed by atoms with Crippen LogP contribution in [-0.2, 0) is 22.7 Å². The Hall–Kier alpha value is -3.55. The zero-order chi connectivity index (χ0) is 20.2. The van der Waals surface area contributed by atoms with E-state index in [-0.39, 0.29) is 30.1 Å². The van der Waals surface area contributed by atoms with Crippen molar-refractivity contribution in [3.05, 3.63) is 71.9 Å². The van der Waals surface area contributed by atoms with Crippen molar-refractivity contribution in [2.75, 3.05) is 0 Å². The van der Waals surface area contributed by atoms with Gasteiger partial charge in [0.05, 0.1) is 6.54 Å². The van der Waals surface area contributed by atoms with E-state index in [0.29, 0.717) is 30.8 Å². The predicted octanol–water partition coefficient (Wildman–Crippen LogP) is 2.68. The van der Waals surface area contributed by atoms with Crippen LogP contribution in [-0.4, -0.2) is 32.9 Å². The third kappa shape index (κ3) is 4.31. The van der Waals surface area contributed by atoms with Gasteiger partial charge in [-0.2, -0.15) is 4.98 Å². The first-order valence-electron chi connectivity index (χ1n) is 9.30. The Bertz CT molecular complexity index is 1000. The number of nitrogens with zero attached hydrogens (tertiary/aromatic N) is 3. The fourth-order valence-electron chi connectivity index (χ4n) is 3.31. The smallest absolute Gasteiger partial charge is 0.246 e. The topological polar surface area (TPSA) is 88.3 Å². The Kier molecular flexibility index (Phi) is 5.33. The van der Waals surface area contributed by atoms with Crippen molar-refractivity contribution in [2.45, 2.75) is 32.0 Å². The van der Waals surface area contributed by atoms with Crippen molar-refractivity contribution < 1.29 is 18.5 Å². The SMILES string of the molecule is O=C(NCc1nc(-c2ccc(F)cc2)no1)C1CCC(=O)N1Cc1ccccc1. The van der Waals surface area contributed by atoms with Gasteiger partial charge in [-0.05, 0) is 36.2 Å². The zero-order valence-electron chi connectivity index (χ0n) is 15.5. The minimum atomic E-state index is -0.526. The van der Waals surface area contributed by atoms with Crippen molar-refractivity contribution in [2.24, 2.45) is 0 Å². The lowest BCUT2D eigenvalue weighted by molar-refractivity contribution is -0.135. The Morgan fingerprint density at radius 2 is 1.93 bits per heavy atom. The summed E-state index contributed by atoms with van der Waals surface area (Å²) in [5, 5.41) is 6.61. The number of hydrogen-bond acceptors (Lipinski definition) is 5. The summed E-state index contributed by atoms with van der Waals surface area (Å²) < 4.78 is 18.2. The van der Waals surface area contributed by atoms with E-state index in [4.69, 9.17) is 4.52 Å². The molecule has 1 saturated heterocycles. The second kappa shape index (κ2) is 8.22. The number of hydrogen-bond donors (Lipinski definition) is 1. The molecule has 0 radical (unpaired) electrons. The molecule has 1 aliphatic rings. The Morgan fingerprint density at radius 1 is 1.17 bits per heavy atom. The van der Waals surface area contributed by atoms with Crippen LogP contribution in [0.2, 0.25) is 0 Å². The zero-order valence-corrected chi connectivity index (χ0v) is 15.5. The van der Waals surface area contributed by atoms with Crippen LogP contribution in [0.1, 0.15) is 24.3 Å². The number of carbonyl (C=O) groups excluding carboxylic acids is 2. The fraction of sp³-hybridized carbons (Fsp3) is 0.238. The molecule has 7 nitrogen and oxygen atoms in total. The molecule has 0 bridgehead atoms. The van der Waals surface area contributed by atoms with Gasteiger partial charge in [-0.1, -0.05) is 35.5 Å². The quantitative estimate of drug-likeness (QED) is 0.694. The van der Waals surface area contributed by atoms with Gasteiger partial charge in [0.1, 0.15) is 11.9 Å². The average Bonchev–Trinajstić information content (AvgIpc) is 3.35. The predicted molar refractivity (Wildman–Crippen MR) is 102 cm³/mol. The molecule has 0 spiro atoms. The lowest BCUT2D eigenvalue weighted by atomic mass is 10.1. The van der Waals surface area contributed by atoms with Gasteiger partial charge in [0.15, 0.2) is 0 Å². The molecule has 0 aliphatic carbocycles. The first-order valence-corrected chi connectivity index (χ1v) is 9.30. The molecule has 1 unspecified atom stereocenters. The van der Waals surface area contributed by atoms with Gasteiger partial charge < -0.3 is 14.7 Å². The van der Waals surface area contributed by atoms with Gasteiger partial charge in [-0.15, -0.1) is 0 Å². The number of amides is 2. The van der Waals surface area contributed by atoms with Gasteiger partial charge in [0.2, 0.25) is 23.5 Å². The van der Waals surface area contributed by atoms with Gasteiger partial charge in [-0.25, -0.2) is 4.39 Å². The summed E-state index contributed by atoms with van der Waals surface area (Å²) in [7, 11) is 0. The molecule has 0 saturated carbocycles. The number of benzene rings is 2. The third-order valence-electron chi connectivity index (χ3n) is 4.81. The molecule has 2 aromatic carbocycles. The van der Waals surface area contributed by atoms with Crippen molar-refractivity contribution in [1.29, 1.82) is 0 Å². The van der Waals surface area contributed by atoms with Crippen LogP contribution in [0.5, 0.6) is 0 Å². The maximum absolute atomic E-state index is 13.0. The molecule has 2 heterocycles. The summed E-state index contributed by atoms with van der Waals surface area (Å²) in [6.07, 6.45) is 0.822. The number of aromatic nitrogens is 2. The van der Waals surface area contributed by atoms with Crippen LogP contribution < -0.4 is 5.32 Å². The van der Waals surface area contributed by atoms with Crippen molar-refractivity contribution in [3.8, 4) is 11.4 Å². The first-order chi connectivity index (χ1) is 14.1. The van der Waals surface area contributed by atoms with Crippen molar-refractivity contribution >= 4 is 11.8 Å². The van der Waals surface area contributed by atoms with E-state index in [1.165, 1.54) is 12.1 Å². The summed E-state index contributed by atoms with van der Waals surface area (Å²) in [5.74, 6) is -0.0952. The number of likely N-dealkylation sites (tertiary alicyclic amines) is 1. The third-order valence-corrected chi connectivity index (χ3v) is 4.81. The summed E-state index contributed by atoms with van der Waals surface area (Å²) in [6.45, 7) is 0.448. The van der Waals surface area contributed by atoms with Gasteiger partial charge >= 0.3 is 0 Å². The van der Waals surface area contributed by atoms with Crippen LogP contribution in [0.3, 0.4) is 0 Å². The molecule has 1 fully saturated rings. The molecule has 3 aromatic rings. The molecule has 4 rings (SSSR count). The van der Waals surface area contributed by atoms with E-state index in [2.05, 4.69) is 15.5 Å². The van der Waals surface area contributed by atoms with Gasteiger partial charge in [0, 0.05) is 18.5 Å². The molecule has 8 heteroatoms. The minimum absolute atomic E-state index is 0.0367. The van der Waals surface area contributed by atoms with E-state index >= 15 is 0 Å². The lowest BCUT2D eigenvalue weighted by Gasteiger charge is -2.24. The van der Waals surface area contributed by atoms with Crippen LogP contribution in [0.25, 0.3) is 11.4 Å². The highest BCUT2D eigenvalue weighted by molar-refractivity contribution is 5.90. The fourth-order valence-corrected chi connectivity index (χ4v) is 3.31. The number of rotatable bonds is 6. The molecular weight excluding hydrogens is 375 g/mol. The molecule has 1 aromatic heterocycles. The second-order valence-electron chi connectivity index (χ2n) is 6.80. The Labute approximate surface area is 166 Å². The van der Waals surface area contributed by atoms with E-state index in [1.54, 1.807) is 17.0 Å². The molecule has 1 aliphatic heterocycles. The molecule has 1 atom stereocenters. The highest BCUT2D eigenvalue weighted by Crippen LogP contribution is 2.22. The molecule has 1 N–H and O–H groups in total. The van der Waals surface area contributed by atoms with Crippen LogP contribution >= 0.6 is 0 Å². The lowest BCUT2D eigenvalue weighted by Crippen LogP contribution is -2.44. The molecule has 29 heavy (non-hydrogen) atoms. The largest absolute Gasteiger partial charge is 0.345 e. The molecule has 2 amide bonds. The Morgan fingerprint density at radius 3 is 2.69 bits per heavy atom. The van der Waals surface area contributed by atoms with Crippen LogP contribution in [0.15, 0.2) is 59.1 Å². The summed E-state index contributed by atoms with van der Waals surface area (Å²) in [6, 6.07) is 14.8. The first kappa shape index (κ1) is 18.8. The average molecular weight is 394 g/mol. The monoisotopic (exact) mass is 394 g/mol. The van der Waals surface area contributed by atoms with Gasteiger partial charge in [0.25, 0.3) is 0 Å². The normalized spacial score (nSPS) is 16.2. The summed E-state index contributed by atoms with van der Waals surface area (Å²) >= 11 is 0. The Balaban J connectivity index is 1.37. The highest BCUT2D eigenvalue weighted by Gasteiger charge is 2.35. The highest BCUT2D eigenvalue weighted by atomic mass is 19.1. The standard InChI is InChI=1S/C21H19FN4O3/c22-16-8-6-15(7-9-16)20-24-18(29-25-20)12-23-21(28)17-10-11-19(27)26(17)13-14-4-2-1-3-5-14/h1-9,17H,10-13H2,(H,23,28). The minimum Gasteiger partial charge on any atom is -0.345 e.